The summed E-state index contributed by atoms with van der Waals surface area (Å²) < 4.78 is 5.34. The molecule has 0 radical (unpaired) electrons. The highest BCUT2D eigenvalue weighted by atomic mass is 16.5. The molecule has 5 nitrogen and oxygen atoms in total. The van der Waals surface area contributed by atoms with Gasteiger partial charge in [0.1, 0.15) is 5.75 Å². The Morgan fingerprint density at radius 1 is 1.50 bits per heavy atom. The maximum atomic E-state index is 11.8. The normalized spacial score (nSPS) is 9.31. The Hall–Kier alpha value is -2.00. The van der Waals surface area contributed by atoms with Gasteiger partial charge >= 0.3 is 0 Å². The highest BCUT2D eigenvalue weighted by Crippen LogP contribution is 2.19. The van der Waals surface area contributed by atoms with E-state index in [0.717, 1.165) is 0 Å². The summed E-state index contributed by atoms with van der Waals surface area (Å²) in [7, 11) is 0. The Labute approximate surface area is 93.7 Å². The van der Waals surface area contributed by atoms with Crippen LogP contribution >= 0.6 is 0 Å². The Kier molecular flexibility index (Phi) is 4.89. The summed E-state index contributed by atoms with van der Waals surface area (Å²) in [6.45, 7) is 2.55. The fraction of sp³-hybridized carbons (Fsp3) is 0.364. The van der Waals surface area contributed by atoms with Crippen molar-refractivity contribution < 1.29 is 9.53 Å². The van der Waals surface area contributed by atoms with Crippen LogP contribution in [0.4, 0.5) is 0 Å². The predicted molar refractivity (Wildman–Crippen MR) is 60.6 cm³/mol. The predicted octanol–water partition coefficient (Wildman–Crippen LogP) is 2.97. The summed E-state index contributed by atoms with van der Waals surface area (Å²) in [6.07, 6.45) is 0.203. The molecule has 5 heteroatoms. The van der Waals surface area contributed by atoms with Gasteiger partial charge in [-0.2, -0.15) is 0 Å². The standard InChI is InChI=1S/C11H13N3O2/c1-2-16-11-6-4-3-5-9(11)10(15)7-8-13-14-12/h3-6H,2,7-8H2,1H3. The molecule has 0 amide bonds. The van der Waals surface area contributed by atoms with Crippen LogP contribution in [0.2, 0.25) is 0 Å². The van der Waals surface area contributed by atoms with Crippen LogP contribution in [-0.4, -0.2) is 18.9 Å². The first-order valence-electron chi connectivity index (χ1n) is 5.05. The average Bonchev–Trinajstić information content (AvgIpc) is 2.30. The van der Waals surface area contributed by atoms with Gasteiger partial charge in [-0.25, -0.2) is 0 Å². The van der Waals surface area contributed by atoms with Crippen LogP contribution in [0.25, 0.3) is 10.4 Å². The van der Waals surface area contributed by atoms with Gasteiger partial charge in [-0.15, -0.1) is 0 Å². The summed E-state index contributed by atoms with van der Waals surface area (Å²) in [6, 6.07) is 7.06. The Bertz CT molecular complexity index is 411. The van der Waals surface area contributed by atoms with Crippen LogP contribution < -0.4 is 4.74 Å². The summed E-state index contributed by atoms with van der Waals surface area (Å²) in [5, 5.41) is 3.33. The van der Waals surface area contributed by atoms with Crippen LogP contribution in [0.15, 0.2) is 29.4 Å². The molecule has 0 heterocycles. The largest absolute Gasteiger partial charge is 0.493 e. The first-order valence-corrected chi connectivity index (χ1v) is 5.05. The molecule has 0 aromatic heterocycles. The number of rotatable bonds is 6. The summed E-state index contributed by atoms with van der Waals surface area (Å²) in [4.78, 5) is 14.4. The van der Waals surface area contributed by atoms with Crippen molar-refractivity contribution in [1.82, 2.24) is 0 Å². The maximum Gasteiger partial charge on any atom is 0.166 e. The molecule has 0 aliphatic carbocycles. The van der Waals surface area contributed by atoms with Crippen molar-refractivity contribution in [3.8, 4) is 5.75 Å². The van der Waals surface area contributed by atoms with Crippen molar-refractivity contribution in [2.45, 2.75) is 13.3 Å². The smallest absolute Gasteiger partial charge is 0.166 e. The van der Waals surface area contributed by atoms with E-state index in [9.17, 15) is 4.79 Å². The van der Waals surface area contributed by atoms with Gasteiger partial charge in [-0.1, -0.05) is 17.2 Å². The van der Waals surface area contributed by atoms with Crippen LogP contribution in [0, 0.1) is 0 Å². The minimum atomic E-state index is -0.0727. The third-order valence-corrected chi connectivity index (χ3v) is 1.99. The fourth-order valence-electron chi connectivity index (χ4n) is 1.31. The van der Waals surface area contributed by atoms with Gasteiger partial charge in [0.25, 0.3) is 0 Å². The van der Waals surface area contributed by atoms with E-state index in [1.807, 2.05) is 13.0 Å². The van der Waals surface area contributed by atoms with Crippen molar-refractivity contribution in [3.05, 3.63) is 40.3 Å². The van der Waals surface area contributed by atoms with E-state index in [1.165, 1.54) is 0 Å². The number of hydrogen-bond acceptors (Lipinski definition) is 3. The van der Waals surface area contributed by atoms with Crippen LogP contribution in [0.1, 0.15) is 23.7 Å². The molecular weight excluding hydrogens is 206 g/mol. The van der Waals surface area contributed by atoms with Crippen molar-refractivity contribution in [2.24, 2.45) is 5.11 Å². The number of carbonyl (C=O) groups is 1. The molecule has 0 fully saturated rings. The van der Waals surface area contributed by atoms with Gasteiger partial charge in [0.15, 0.2) is 5.78 Å². The number of hydrogen-bond donors (Lipinski definition) is 0. The van der Waals surface area contributed by atoms with Crippen LogP contribution in [-0.2, 0) is 0 Å². The van der Waals surface area contributed by atoms with Gasteiger partial charge in [0.2, 0.25) is 0 Å². The van der Waals surface area contributed by atoms with Crippen molar-refractivity contribution in [1.29, 1.82) is 0 Å². The molecule has 16 heavy (non-hydrogen) atoms. The van der Waals surface area contributed by atoms with Crippen molar-refractivity contribution in [3.63, 3.8) is 0 Å². The van der Waals surface area contributed by atoms with Gasteiger partial charge < -0.3 is 4.74 Å². The molecule has 0 aliphatic heterocycles. The van der Waals surface area contributed by atoms with Crippen molar-refractivity contribution >= 4 is 5.78 Å². The van der Waals surface area contributed by atoms with Crippen LogP contribution in [0.5, 0.6) is 5.75 Å². The van der Waals surface area contributed by atoms with Gasteiger partial charge in [0.05, 0.1) is 12.2 Å². The highest BCUT2D eigenvalue weighted by molar-refractivity contribution is 5.98. The van der Waals surface area contributed by atoms with Gasteiger partial charge in [0, 0.05) is 17.9 Å². The molecule has 0 saturated carbocycles. The second kappa shape index (κ2) is 6.48. The van der Waals surface area contributed by atoms with Crippen molar-refractivity contribution in [2.75, 3.05) is 13.2 Å². The Balaban J connectivity index is 2.77. The average molecular weight is 219 g/mol. The van der Waals surface area contributed by atoms with Gasteiger partial charge in [-0.3, -0.25) is 4.79 Å². The molecule has 1 rings (SSSR count). The maximum absolute atomic E-state index is 11.8. The van der Waals surface area contributed by atoms with E-state index in [4.69, 9.17) is 10.3 Å². The molecule has 0 atom stereocenters. The third-order valence-electron chi connectivity index (χ3n) is 1.99. The second-order valence-electron chi connectivity index (χ2n) is 3.06. The zero-order valence-corrected chi connectivity index (χ0v) is 9.09. The second-order valence-corrected chi connectivity index (χ2v) is 3.06. The number of nitrogens with zero attached hydrogens (tertiary/aromatic N) is 3. The monoisotopic (exact) mass is 219 g/mol. The summed E-state index contributed by atoms with van der Waals surface area (Å²) in [5.74, 6) is 0.507. The summed E-state index contributed by atoms with van der Waals surface area (Å²) >= 11 is 0. The number of para-hydroxylation sites is 1. The molecule has 0 bridgehead atoms. The van der Waals surface area contributed by atoms with Crippen LogP contribution in [0.3, 0.4) is 0 Å². The van der Waals surface area contributed by atoms with E-state index < -0.39 is 0 Å². The molecular formula is C11H13N3O2. The number of benzene rings is 1. The lowest BCUT2D eigenvalue weighted by atomic mass is 10.1. The Morgan fingerprint density at radius 3 is 2.94 bits per heavy atom. The SMILES string of the molecule is CCOc1ccccc1C(=O)CCN=[N+]=[N-]. The molecule has 1 aromatic rings. The summed E-state index contributed by atoms with van der Waals surface area (Å²) in [5.41, 5.74) is 8.65. The number of carbonyl (C=O) groups excluding carboxylic acids is 1. The first kappa shape index (κ1) is 12.1. The lowest BCUT2D eigenvalue weighted by Gasteiger charge is -2.07. The van der Waals surface area contributed by atoms with E-state index in [1.54, 1.807) is 18.2 Å². The number of ether oxygens (including phenoxy) is 1. The zero-order valence-electron chi connectivity index (χ0n) is 9.09. The van der Waals surface area contributed by atoms with Gasteiger partial charge in [-0.05, 0) is 24.6 Å². The molecule has 84 valence electrons. The number of Topliss-reactive ketones (excluding diaryl/α,β-unsaturated/α-hetero) is 1. The van der Waals surface area contributed by atoms with E-state index in [2.05, 4.69) is 10.0 Å². The van der Waals surface area contributed by atoms with E-state index in [-0.39, 0.29) is 18.7 Å². The lowest BCUT2D eigenvalue weighted by molar-refractivity contribution is 0.0981. The molecule has 0 aliphatic rings. The molecule has 1 aromatic carbocycles. The Morgan fingerprint density at radius 2 is 2.25 bits per heavy atom. The molecule has 0 N–H and O–H groups in total. The first-order chi connectivity index (χ1) is 7.79. The number of azide groups is 1. The minimum absolute atomic E-state index is 0.0727. The molecule has 0 spiro atoms. The topological polar surface area (TPSA) is 75.1 Å². The zero-order chi connectivity index (χ0) is 11.8. The molecule has 0 saturated heterocycles. The third kappa shape index (κ3) is 3.29. The number of ketones is 1. The molecule has 0 unspecified atom stereocenters. The highest BCUT2D eigenvalue weighted by Gasteiger charge is 2.10. The quantitative estimate of drug-likeness (QED) is 0.319. The minimum Gasteiger partial charge on any atom is -0.493 e. The van der Waals surface area contributed by atoms with E-state index >= 15 is 0 Å². The van der Waals surface area contributed by atoms with E-state index in [0.29, 0.717) is 17.9 Å². The lowest BCUT2D eigenvalue weighted by Crippen LogP contribution is -2.04. The fourth-order valence-corrected chi connectivity index (χ4v) is 1.31.